The molecule has 0 bridgehead atoms. The number of rotatable bonds is 2. The minimum Gasteiger partial charge on any atom is -0.382 e. The monoisotopic (exact) mass is 228 g/mol. The van der Waals surface area contributed by atoms with E-state index >= 15 is 0 Å². The lowest BCUT2D eigenvalue weighted by atomic mass is 10.2. The molecular weight excluding hydrogens is 212 g/mol. The van der Waals surface area contributed by atoms with E-state index in [1.54, 1.807) is 0 Å². The third-order valence-electron chi connectivity index (χ3n) is 3.06. The van der Waals surface area contributed by atoms with Gasteiger partial charge in [-0.2, -0.15) is 5.10 Å². The molecule has 1 N–H and O–H groups in total. The third-order valence-corrected chi connectivity index (χ3v) is 3.06. The normalized spacial score (nSPS) is 14.3. The summed E-state index contributed by atoms with van der Waals surface area (Å²) in [6, 6.07) is 10.5. The second kappa shape index (κ2) is 4.13. The molecule has 17 heavy (non-hydrogen) atoms. The van der Waals surface area contributed by atoms with E-state index in [-0.39, 0.29) is 0 Å². The minimum atomic E-state index is 0.875. The van der Waals surface area contributed by atoms with Gasteiger partial charge in [0.1, 0.15) is 0 Å². The molecule has 1 aliphatic heterocycles. The van der Waals surface area contributed by atoms with E-state index in [1.807, 2.05) is 17.9 Å². The van der Waals surface area contributed by atoms with Crippen molar-refractivity contribution in [3.05, 3.63) is 42.2 Å². The number of fused-ring (bicyclic) bond motifs is 1. The number of para-hydroxylation sites is 2. The molecule has 2 heterocycles. The lowest BCUT2D eigenvalue weighted by Crippen LogP contribution is -2.33. The molecule has 0 saturated heterocycles. The van der Waals surface area contributed by atoms with Crippen molar-refractivity contribution in [2.24, 2.45) is 7.05 Å². The number of hydrogen-bond acceptors (Lipinski definition) is 3. The van der Waals surface area contributed by atoms with Crippen LogP contribution in [0.3, 0.4) is 0 Å². The maximum Gasteiger partial charge on any atom is 0.0817 e. The minimum absolute atomic E-state index is 0.875. The Kier molecular flexibility index (Phi) is 2.48. The van der Waals surface area contributed by atoms with Crippen LogP contribution in [0.25, 0.3) is 0 Å². The quantitative estimate of drug-likeness (QED) is 0.851. The van der Waals surface area contributed by atoms with Crippen molar-refractivity contribution in [1.29, 1.82) is 0 Å². The molecule has 2 aromatic rings. The molecule has 3 rings (SSSR count). The van der Waals surface area contributed by atoms with Crippen LogP contribution in [0.5, 0.6) is 0 Å². The van der Waals surface area contributed by atoms with E-state index < -0.39 is 0 Å². The molecule has 0 radical (unpaired) electrons. The van der Waals surface area contributed by atoms with Crippen molar-refractivity contribution in [2.45, 2.75) is 6.54 Å². The van der Waals surface area contributed by atoms with Crippen LogP contribution in [-0.2, 0) is 13.6 Å². The summed E-state index contributed by atoms with van der Waals surface area (Å²) >= 11 is 0. The molecule has 4 heteroatoms. The Morgan fingerprint density at radius 1 is 1.29 bits per heavy atom. The van der Waals surface area contributed by atoms with Crippen LogP contribution in [0.15, 0.2) is 36.5 Å². The van der Waals surface area contributed by atoms with Gasteiger partial charge in [-0.1, -0.05) is 12.1 Å². The molecule has 0 aliphatic carbocycles. The first-order valence-corrected chi connectivity index (χ1v) is 5.89. The van der Waals surface area contributed by atoms with Gasteiger partial charge in [0.15, 0.2) is 0 Å². The number of anilines is 2. The number of aryl methyl sites for hydroxylation is 1. The topological polar surface area (TPSA) is 33.1 Å². The van der Waals surface area contributed by atoms with Gasteiger partial charge in [-0.05, 0) is 18.2 Å². The van der Waals surface area contributed by atoms with Crippen molar-refractivity contribution >= 4 is 11.4 Å². The van der Waals surface area contributed by atoms with Gasteiger partial charge in [-0.15, -0.1) is 0 Å². The fourth-order valence-corrected chi connectivity index (χ4v) is 2.25. The zero-order valence-corrected chi connectivity index (χ0v) is 9.93. The van der Waals surface area contributed by atoms with Gasteiger partial charge in [-0.25, -0.2) is 0 Å². The maximum absolute atomic E-state index is 4.43. The Morgan fingerprint density at radius 2 is 2.18 bits per heavy atom. The third kappa shape index (κ3) is 1.98. The van der Waals surface area contributed by atoms with Crippen molar-refractivity contribution in [2.75, 3.05) is 23.3 Å². The van der Waals surface area contributed by atoms with E-state index in [9.17, 15) is 0 Å². The van der Waals surface area contributed by atoms with Crippen LogP contribution >= 0.6 is 0 Å². The van der Waals surface area contributed by atoms with E-state index in [0.717, 1.165) is 25.3 Å². The van der Waals surface area contributed by atoms with E-state index in [1.165, 1.54) is 11.4 Å². The second-order valence-corrected chi connectivity index (χ2v) is 4.35. The highest BCUT2D eigenvalue weighted by Gasteiger charge is 2.16. The van der Waals surface area contributed by atoms with Crippen molar-refractivity contribution in [3.8, 4) is 0 Å². The molecule has 0 fully saturated rings. The average molecular weight is 228 g/mol. The van der Waals surface area contributed by atoms with Crippen molar-refractivity contribution in [1.82, 2.24) is 9.78 Å². The Bertz CT molecular complexity index is 518. The molecule has 0 saturated carbocycles. The fourth-order valence-electron chi connectivity index (χ4n) is 2.25. The predicted molar refractivity (Wildman–Crippen MR) is 69.2 cm³/mol. The van der Waals surface area contributed by atoms with E-state index in [2.05, 4.69) is 45.6 Å². The van der Waals surface area contributed by atoms with Gasteiger partial charge in [0.05, 0.1) is 23.6 Å². The number of nitrogens with zero attached hydrogens (tertiary/aromatic N) is 3. The van der Waals surface area contributed by atoms with Crippen LogP contribution in [0.4, 0.5) is 11.4 Å². The van der Waals surface area contributed by atoms with Crippen LogP contribution in [0.2, 0.25) is 0 Å². The van der Waals surface area contributed by atoms with Gasteiger partial charge < -0.3 is 10.2 Å². The lowest BCUT2D eigenvalue weighted by molar-refractivity contribution is 0.713. The van der Waals surface area contributed by atoms with Gasteiger partial charge >= 0.3 is 0 Å². The molecule has 4 nitrogen and oxygen atoms in total. The highest BCUT2D eigenvalue weighted by atomic mass is 15.3. The molecule has 88 valence electrons. The number of aromatic nitrogens is 2. The van der Waals surface area contributed by atoms with Gasteiger partial charge in [0.25, 0.3) is 0 Å². The van der Waals surface area contributed by atoms with Crippen LogP contribution in [0.1, 0.15) is 5.69 Å². The van der Waals surface area contributed by atoms with Crippen LogP contribution in [0, 0.1) is 0 Å². The molecule has 0 amide bonds. The smallest absolute Gasteiger partial charge is 0.0817 e. The Morgan fingerprint density at radius 3 is 3.00 bits per heavy atom. The largest absolute Gasteiger partial charge is 0.382 e. The molecule has 0 unspecified atom stereocenters. The zero-order chi connectivity index (χ0) is 11.7. The molecule has 0 spiro atoms. The van der Waals surface area contributed by atoms with Gasteiger partial charge in [0.2, 0.25) is 0 Å². The summed E-state index contributed by atoms with van der Waals surface area (Å²) < 4.78 is 1.85. The van der Waals surface area contributed by atoms with Crippen molar-refractivity contribution < 1.29 is 0 Å². The first kappa shape index (κ1) is 10.2. The van der Waals surface area contributed by atoms with Crippen LogP contribution < -0.4 is 10.2 Å². The summed E-state index contributed by atoms with van der Waals surface area (Å²) in [5.41, 5.74) is 3.60. The number of benzene rings is 1. The summed E-state index contributed by atoms with van der Waals surface area (Å²) in [4.78, 5) is 2.37. The summed E-state index contributed by atoms with van der Waals surface area (Å²) in [7, 11) is 1.95. The number of hydrogen-bond donors (Lipinski definition) is 1. The summed E-state index contributed by atoms with van der Waals surface area (Å²) in [5, 5.41) is 7.85. The highest BCUT2D eigenvalue weighted by Crippen LogP contribution is 2.29. The van der Waals surface area contributed by atoms with Gasteiger partial charge in [0, 0.05) is 26.3 Å². The fraction of sp³-hybridized carbons (Fsp3) is 0.308. The highest BCUT2D eigenvalue weighted by molar-refractivity contribution is 5.71. The number of nitrogens with one attached hydrogen (secondary N) is 1. The van der Waals surface area contributed by atoms with Crippen LogP contribution in [-0.4, -0.2) is 22.9 Å². The molecule has 1 aromatic carbocycles. The zero-order valence-electron chi connectivity index (χ0n) is 9.93. The predicted octanol–water partition coefficient (Wildman–Crippen LogP) is 1.85. The van der Waals surface area contributed by atoms with Gasteiger partial charge in [-0.3, -0.25) is 4.68 Å². The molecule has 1 aliphatic rings. The van der Waals surface area contributed by atoms with E-state index in [0.29, 0.717) is 0 Å². The first-order valence-electron chi connectivity index (χ1n) is 5.89. The molecule has 0 atom stereocenters. The Hall–Kier alpha value is -1.97. The summed E-state index contributed by atoms with van der Waals surface area (Å²) in [6.45, 7) is 2.89. The summed E-state index contributed by atoms with van der Waals surface area (Å²) in [6.07, 6.45) is 1.99. The average Bonchev–Trinajstić information content (AvgIpc) is 2.75. The molecular formula is C13H16N4. The van der Waals surface area contributed by atoms with Crippen molar-refractivity contribution in [3.63, 3.8) is 0 Å². The maximum atomic E-state index is 4.43. The molecule has 1 aromatic heterocycles. The SMILES string of the molecule is Cn1ccc(CN2CCNc3ccccc32)n1. The van der Waals surface area contributed by atoms with E-state index in [4.69, 9.17) is 0 Å². The Balaban J connectivity index is 1.85. The Labute approximate surface area is 101 Å². The first-order chi connectivity index (χ1) is 8.33. The lowest BCUT2D eigenvalue weighted by Gasteiger charge is -2.31. The summed E-state index contributed by atoms with van der Waals surface area (Å²) in [5.74, 6) is 0. The standard InChI is InChI=1S/C13H16N4/c1-16-8-6-11(15-16)10-17-9-7-14-12-4-2-3-5-13(12)17/h2-6,8,14H,7,9-10H2,1H3. The second-order valence-electron chi connectivity index (χ2n) is 4.35.